The molecule has 3 nitrogen and oxygen atoms in total. The number of rotatable bonds is 4. The molecule has 0 N–H and O–H groups in total. The Morgan fingerprint density at radius 2 is 1.64 bits per heavy atom. The fourth-order valence-electron chi connectivity index (χ4n) is 3.79. The number of piperidine rings is 1. The van der Waals surface area contributed by atoms with Gasteiger partial charge >= 0.3 is 0 Å². The van der Waals surface area contributed by atoms with E-state index in [4.69, 9.17) is 4.84 Å². The molecule has 2 heterocycles. The average Bonchev–Trinajstić information content (AvgIpc) is 3.10. The quantitative estimate of drug-likeness (QED) is 0.718. The Morgan fingerprint density at radius 3 is 2.28 bits per heavy atom. The normalized spacial score (nSPS) is 21.8. The number of hydrogen-bond donors (Lipinski definition) is 0. The second-order valence-electron chi connectivity index (χ2n) is 6.99. The molecule has 0 unspecified atom stereocenters. The Bertz CT molecular complexity index is 721. The topological polar surface area (TPSA) is 24.8 Å². The van der Waals surface area contributed by atoms with Crippen LogP contribution in [0.1, 0.15) is 24.8 Å². The monoisotopic (exact) mass is 398 g/mol. The maximum absolute atomic E-state index is 5.54. The summed E-state index contributed by atoms with van der Waals surface area (Å²) in [6, 6.07) is 19.6. The summed E-state index contributed by atoms with van der Waals surface area (Å²) in [5.41, 5.74) is 3.95. The van der Waals surface area contributed by atoms with E-state index in [1.54, 1.807) is 0 Å². The third kappa shape index (κ3) is 4.13. The minimum absolute atomic E-state index is 0.279. The van der Waals surface area contributed by atoms with Crippen LogP contribution >= 0.6 is 15.9 Å². The zero-order valence-corrected chi connectivity index (χ0v) is 15.9. The molecule has 1 atom stereocenters. The molecule has 0 amide bonds. The van der Waals surface area contributed by atoms with Crippen LogP contribution in [0.2, 0.25) is 0 Å². The van der Waals surface area contributed by atoms with Gasteiger partial charge in [0, 0.05) is 18.9 Å². The molecule has 25 heavy (non-hydrogen) atoms. The molecule has 0 aliphatic carbocycles. The van der Waals surface area contributed by atoms with Crippen molar-refractivity contribution in [3.8, 4) is 11.1 Å². The first-order valence-corrected chi connectivity index (χ1v) is 9.82. The highest BCUT2D eigenvalue weighted by Gasteiger charge is 2.31. The van der Waals surface area contributed by atoms with Gasteiger partial charge in [0.25, 0.3) is 0 Å². The van der Waals surface area contributed by atoms with E-state index in [2.05, 4.69) is 80.6 Å². The summed E-state index contributed by atoms with van der Waals surface area (Å²) in [6.07, 6.45) is 3.61. The van der Waals surface area contributed by atoms with Crippen molar-refractivity contribution in [2.24, 2.45) is 11.1 Å². The second-order valence-corrected chi connectivity index (χ2v) is 7.91. The number of oxime groups is 1. The molecular weight excluding hydrogens is 376 g/mol. The van der Waals surface area contributed by atoms with Gasteiger partial charge in [-0.1, -0.05) is 59.8 Å². The van der Waals surface area contributed by atoms with Crippen molar-refractivity contribution in [2.45, 2.75) is 31.9 Å². The minimum atomic E-state index is 0.279. The summed E-state index contributed by atoms with van der Waals surface area (Å²) >= 11 is 3.44. The SMILES string of the molecule is BrC1=NO[C@@H](C2CCN(Cc3ccc(-c4ccccc4)cc3)CC2)C1. The number of hydrogen-bond acceptors (Lipinski definition) is 3. The van der Waals surface area contributed by atoms with Crippen LogP contribution in [0.5, 0.6) is 0 Å². The van der Waals surface area contributed by atoms with Crippen molar-refractivity contribution in [1.29, 1.82) is 0 Å². The number of halogens is 1. The average molecular weight is 399 g/mol. The molecule has 0 bridgehead atoms. The van der Waals surface area contributed by atoms with Crippen LogP contribution in [0.3, 0.4) is 0 Å². The predicted octanol–water partition coefficient (Wildman–Crippen LogP) is 5.06. The fourth-order valence-corrected chi connectivity index (χ4v) is 4.20. The van der Waals surface area contributed by atoms with Gasteiger partial charge in [-0.25, -0.2) is 0 Å². The summed E-state index contributed by atoms with van der Waals surface area (Å²) in [5, 5.41) is 4.03. The lowest BCUT2D eigenvalue weighted by molar-refractivity contribution is 0.0127. The van der Waals surface area contributed by atoms with Gasteiger partial charge in [0.1, 0.15) is 10.7 Å². The van der Waals surface area contributed by atoms with Crippen LogP contribution in [0, 0.1) is 5.92 Å². The Morgan fingerprint density at radius 1 is 0.960 bits per heavy atom. The van der Waals surface area contributed by atoms with Gasteiger partial charge in [-0.2, -0.15) is 0 Å². The van der Waals surface area contributed by atoms with Crippen LogP contribution < -0.4 is 0 Å². The van der Waals surface area contributed by atoms with Crippen LogP contribution in [-0.2, 0) is 11.4 Å². The third-order valence-corrected chi connectivity index (χ3v) is 5.75. The van der Waals surface area contributed by atoms with Gasteiger partial charge in [0.05, 0.1) is 0 Å². The molecule has 2 aliphatic rings. The summed E-state index contributed by atoms with van der Waals surface area (Å²) in [6.45, 7) is 3.32. The molecule has 4 rings (SSSR count). The first-order chi connectivity index (χ1) is 12.3. The van der Waals surface area contributed by atoms with E-state index in [0.717, 1.165) is 30.7 Å². The molecular formula is C21H23BrN2O. The minimum Gasteiger partial charge on any atom is -0.391 e. The van der Waals surface area contributed by atoms with Gasteiger partial charge in [-0.3, -0.25) is 4.90 Å². The Balaban J connectivity index is 1.30. The molecule has 0 spiro atoms. The van der Waals surface area contributed by atoms with Crippen LogP contribution in [0.25, 0.3) is 11.1 Å². The largest absolute Gasteiger partial charge is 0.391 e. The standard InChI is InChI=1S/C21H23BrN2O/c22-21-14-20(25-23-21)19-10-12-24(13-11-19)15-16-6-8-18(9-7-16)17-4-2-1-3-5-17/h1-9,19-20H,10-15H2/t20-/m1/s1. The van der Waals surface area contributed by atoms with Crippen molar-refractivity contribution in [3.63, 3.8) is 0 Å². The van der Waals surface area contributed by atoms with Crippen molar-refractivity contribution < 1.29 is 4.84 Å². The second kappa shape index (κ2) is 7.71. The highest BCUT2D eigenvalue weighted by molar-refractivity contribution is 9.18. The lowest BCUT2D eigenvalue weighted by atomic mass is 9.90. The van der Waals surface area contributed by atoms with Crippen molar-refractivity contribution in [3.05, 3.63) is 60.2 Å². The summed E-state index contributed by atoms with van der Waals surface area (Å²) < 4.78 is 0.957. The van der Waals surface area contributed by atoms with Crippen LogP contribution in [0.15, 0.2) is 59.8 Å². The van der Waals surface area contributed by atoms with Gasteiger partial charge < -0.3 is 4.84 Å². The zero-order chi connectivity index (χ0) is 17.1. The van der Waals surface area contributed by atoms with E-state index in [9.17, 15) is 0 Å². The Labute approximate surface area is 157 Å². The molecule has 130 valence electrons. The molecule has 1 saturated heterocycles. The van der Waals surface area contributed by atoms with Crippen molar-refractivity contribution in [1.82, 2.24) is 4.90 Å². The summed E-state index contributed by atoms with van der Waals surface area (Å²) in [7, 11) is 0. The Hall–Kier alpha value is -1.65. The predicted molar refractivity (Wildman–Crippen MR) is 106 cm³/mol. The maximum atomic E-state index is 5.54. The molecule has 2 aromatic rings. The molecule has 2 aromatic carbocycles. The highest BCUT2D eigenvalue weighted by atomic mass is 79.9. The molecule has 2 aliphatic heterocycles. The maximum Gasteiger partial charge on any atom is 0.136 e. The van der Waals surface area contributed by atoms with E-state index >= 15 is 0 Å². The first-order valence-electron chi connectivity index (χ1n) is 9.03. The summed E-state index contributed by atoms with van der Waals surface area (Å²) in [5.74, 6) is 0.635. The van der Waals surface area contributed by atoms with Crippen LogP contribution in [-0.4, -0.2) is 28.7 Å². The van der Waals surface area contributed by atoms with Gasteiger partial charge in [-0.05, 0) is 58.6 Å². The number of benzene rings is 2. The lowest BCUT2D eigenvalue weighted by Crippen LogP contribution is -2.37. The zero-order valence-electron chi connectivity index (χ0n) is 14.3. The van der Waals surface area contributed by atoms with E-state index in [-0.39, 0.29) is 6.10 Å². The molecule has 0 radical (unpaired) electrons. The summed E-state index contributed by atoms with van der Waals surface area (Å²) in [4.78, 5) is 8.09. The van der Waals surface area contributed by atoms with Gasteiger partial charge in [0.2, 0.25) is 0 Å². The Kier molecular flexibility index (Phi) is 5.18. The van der Waals surface area contributed by atoms with E-state index < -0.39 is 0 Å². The third-order valence-electron chi connectivity index (χ3n) is 5.28. The number of nitrogens with zero attached hydrogens (tertiary/aromatic N) is 2. The van der Waals surface area contributed by atoms with E-state index in [1.165, 1.54) is 29.5 Å². The smallest absolute Gasteiger partial charge is 0.136 e. The first kappa shape index (κ1) is 16.8. The lowest BCUT2D eigenvalue weighted by Gasteiger charge is -2.33. The molecule has 1 fully saturated rings. The van der Waals surface area contributed by atoms with Gasteiger partial charge in [0.15, 0.2) is 0 Å². The van der Waals surface area contributed by atoms with E-state index in [1.807, 2.05) is 0 Å². The fraction of sp³-hybridized carbons (Fsp3) is 0.381. The van der Waals surface area contributed by atoms with Gasteiger partial charge in [-0.15, -0.1) is 0 Å². The number of likely N-dealkylation sites (tertiary alicyclic amines) is 1. The van der Waals surface area contributed by atoms with Crippen LogP contribution in [0.4, 0.5) is 0 Å². The van der Waals surface area contributed by atoms with Crippen molar-refractivity contribution in [2.75, 3.05) is 13.1 Å². The van der Waals surface area contributed by atoms with Crippen molar-refractivity contribution >= 4 is 20.6 Å². The molecule has 0 saturated carbocycles. The van der Waals surface area contributed by atoms with E-state index in [0.29, 0.717) is 5.92 Å². The molecule has 4 heteroatoms. The molecule has 0 aromatic heterocycles. The highest BCUT2D eigenvalue weighted by Crippen LogP contribution is 2.30.